The second-order valence-corrected chi connectivity index (χ2v) is 11.7. The first-order valence-corrected chi connectivity index (χ1v) is 13.4. The van der Waals surface area contributed by atoms with Crippen LogP contribution in [0.4, 0.5) is 5.13 Å². The molecule has 202 valence electrons. The number of carboxylic acid groups (broad SMARTS) is 1. The van der Waals surface area contributed by atoms with E-state index in [1.54, 1.807) is 7.11 Å². The summed E-state index contributed by atoms with van der Waals surface area (Å²) >= 11 is 13.8. The summed E-state index contributed by atoms with van der Waals surface area (Å²) in [6, 6.07) is 8.48. The van der Waals surface area contributed by atoms with Gasteiger partial charge in [-0.25, -0.2) is 9.78 Å². The van der Waals surface area contributed by atoms with Gasteiger partial charge in [0.05, 0.1) is 29.0 Å². The Labute approximate surface area is 236 Å². The van der Waals surface area contributed by atoms with E-state index in [0.29, 0.717) is 27.9 Å². The lowest BCUT2D eigenvalue weighted by molar-refractivity contribution is -0.132. The smallest absolute Gasteiger partial charge is 0.331 e. The van der Waals surface area contributed by atoms with Crippen molar-refractivity contribution in [3.8, 4) is 22.8 Å². The second-order valence-electron chi connectivity index (χ2n) is 10.0. The average Bonchev–Trinajstić information content (AvgIpc) is 3.27. The van der Waals surface area contributed by atoms with Crippen LogP contribution in [0.5, 0.6) is 11.5 Å². The Kier molecular flexibility index (Phi) is 9.46. The lowest BCUT2D eigenvalue weighted by atomic mass is 9.90. The summed E-state index contributed by atoms with van der Waals surface area (Å²) < 4.78 is 11.9. The Morgan fingerprint density at radius 3 is 2.45 bits per heavy atom. The number of carboxylic acids is 1. The maximum Gasteiger partial charge on any atom is 0.331 e. The van der Waals surface area contributed by atoms with Gasteiger partial charge in [-0.1, -0.05) is 50.0 Å². The first-order valence-electron chi connectivity index (χ1n) is 11.8. The number of nitrogens with zero attached hydrogens (tertiary/aromatic N) is 1. The lowest BCUT2D eigenvalue weighted by Gasteiger charge is -2.25. The fourth-order valence-electron chi connectivity index (χ4n) is 3.90. The molecule has 38 heavy (non-hydrogen) atoms. The number of hydrogen-bond donors (Lipinski definition) is 2. The van der Waals surface area contributed by atoms with Crippen molar-refractivity contribution in [1.29, 1.82) is 0 Å². The summed E-state index contributed by atoms with van der Waals surface area (Å²) in [6.45, 7) is 9.96. The molecule has 0 aliphatic rings. The van der Waals surface area contributed by atoms with Crippen molar-refractivity contribution in [2.24, 2.45) is 5.41 Å². The molecule has 0 unspecified atom stereocenters. The fourth-order valence-corrected chi connectivity index (χ4v) is 5.20. The quantitative estimate of drug-likeness (QED) is 0.250. The molecule has 3 rings (SSSR count). The zero-order chi connectivity index (χ0) is 28.2. The van der Waals surface area contributed by atoms with Gasteiger partial charge in [-0.2, -0.15) is 0 Å². The van der Waals surface area contributed by atoms with E-state index >= 15 is 0 Å². The number of carbonyl (C=O) groups excluding carboxylic acids is 1. The van der Waals surface area contributed by atoms with Crippen LogP contribution in [-0.4, -0.2) is 35.2 Å². The molecular formula is C28H30Cl2N2O5S. The summed E-state index contributed by atoms with van der Waals surface area (Å²) in [4.78, 5) is 28.6. The van der Waals surface area contributed by atoms with E-state index < -0.39 is 11.9 Å². The molecule has 1 atom stereocenters. The van der Waals surface area contributed by atoms with Crippen molar-refractivity contribution in [3.05, 3.63) is 62.5 Å². The number of aromatic nitrogens is 1. The van der Waals surface area contributed by atoms with Crippen molar-refractivity contribution in [2.45, 2.75) is 47.1 Å². The Hall–Kier alpha value is -3.07. The van der Waals surface area contributed by atoms with Gasteiger partial charge >= 0.3 is 5.97 Å². The third-order valence-electron chi connectivity index (χ3n) is 5.45. The molecule has 1 heterocycles. The maximum absolute atomic E-state index is 12.9. The van der Waals surface area contributed by atoms with Gasteiger partial charge in [-0.3, -0.25) is 10.1 Å². The van der Waals surface area contributed by atoms with Gasteiger partial charge in [0.2, 0.25) is 0 Å². The molecule has 0 fully saturated rings. The van der Waals surface area contributed by atoms with Crippen LogP contribution in [0, 0.1) is 5.41 Å². The molecule has 0 saturated heterocycles. The van der Waals surface area contributed by atoms with E-state index in [1.165, 1.54) is 36.5 Å². The topological polar surface area (TPSA) is 97.8 Å². The van der Waals surface area contributed by atoms with Gasteiger partial charge < -0.3 is 14.6 Å². The van der Waals surface area contributed by atoms with Crippen LogP contribution in [-0.2, 0) is 4.79 Å². The predicted octanol–water partition coefficient (Wildman–Crippen LogP) is 8.07. The number of benzene rings is 2. The first kappa shape index (κ1) is 29.5. The number of aliphatic carboxylic acids is 1. The molecule has 0 aliphatic heterocycles. The average molecular weight is 578 g/mol. The molecule has 0 bridgehead atoms. The summed E-state index contributed by atoms with van der Waals surface area (Å²) in [5, 5.41) is 14.4. The minimum atomic E-state index is -1.09. The molecule has 3 aromatic rings. The molecule has 0 spiro atoms. The summed E-state index contributed by atoms with van der Waals surface area (Å²) in [6.07, 6.45) is 2.22. The normalized spacial score (nSPS) is 12.7. The molecule has 0 aliphatic carbocycles. The molecule has 0 saturated carbocycles. The van der Waals surface area contributed by atoms with E-state index in [9.17, 15) is 9.59 Å². The number of thiazole rings is 1. The lowest BCUT2D eigenvalue weighted by Crippen LogP contribution is -2.20. The van der Waals surface area contributed by atoms with Crippen molar-refractivity contribution >= 4 is 57.6 Å². The number of ether oxygens (including phenoxy) is 2. The zero-order valence-electron chi connectivity index (χ0n) is 22.0. The van der Waals surface area contributed by atoms with Gasteiger partial charge in [0.1, 0.15) is 0 Å². The van der Waals surface area contributed by atoms with Gasteiger partial charge in [0, 0.05) is 27.6 Å². The Morgan fingerprint density at radius 2 is 1.87 bits per heavy atom. The Balaban J connectivity index is 1.82. The number of anilines is 1. The van der Waals surface area contributed by atoms with Crippen LogP contribution < -0.4 is 14.8 Å². The minimum Gasteiger partial charge on any atom is -0.492 e. The van der Waals surface area contributed by atoms with E-state index in [0.717, 1.165) is 12.0 Å². The van der Waals surface area contributed by atoms with Crippen LogP contribution in [0.25, 0.3) is 17.3 Å². The third-order valence-corrected chi connectivity index (χ3v) is 6.83. The van der Waals surface area contributed by atoms with Crippen LogP contribution >= 0.6 is 34.5 Å². The van der Waals surface area contributed by atoms with Gasteiger partial charge in [0.15, 0.2) is 16.6 Å². The van der Waals surface area contributed by atoms with E-state index in [2.05, 4.69) is 31.1 Å². The third kappa shape index (κ3) is 7.49. The molecule has 7 nitrogen and oxygen atoms in total. The zero-order valence-corrected chi connectivity index (χ0v) is 24.3. The maximum atomic E-state index is 12.9. The predicted molar refractivity (Wildman–Crippen MR) is 154 cm³/mol. The summed E-state index contributed by atoms with van der Waals surface area (Å²) in [5.41, 5.74) is 2.08. The molecule has 1 aromatic heterocycles. The highest BCUT2D eigenvalue weighted by molar-refractivity contribution is 7.14. The van der Waals surface area contributed by atoms with Crippen molar-refractivity contribution in [2.75, 3.05) is 12.4 Å². The molecule has 0 radical (unpaired) electrons. The van der Waals surface area contributed by atoms with Crippen LogP contribution in [0.1, 0.15) is 57.0 Å². The van der Waals surface area contributed by atoms with Crippen molar-refractivity contribution in [3.63, 3.8) is 0 Å². The Bertz CT molecular complexity index is 1350. The number of halogens is 2. The van der Waals surface area contributed by atoms with Gasteiger partial charge in [0.25, 0.3) is 5.91 Å². The monoisotopic (exact) mass is 576 g/mol. The SMILES string of the molecule is COc1c(O[C@H](C)CC(C)(C)C)cccc1-c1csc(NC(=O)c2cc(Cl)c(/C=C(\C)C(=O)O)c(Cl)c2)n1. The fraction of sp³-hybridized carbons (Fsp3) is 0.321. The van der Waals surface area contributed by atoms with Crippen LogP contribution in [0.3, 0.4) is 0 Å². The van der Waals surface area contributed by atoms with E-state index in [1.807, 2.05) is 30.5 Å². The molecule has 1 amide bonds. The molecule has 2 N–H and O–H groups in total. The highest BCUT2D eigenvalue weighted by Gasteiger charge is 2.21. The largest absolute Gasteiger partial charge is 0.492 e. The minimum absolute atomic E-state index is 0.0157. The number of para-hydroxylation sites is 1. The highest BCUT2D eigenvalue weighted by Crippen LogP contribution is 2.40. The van der Waals surface area contributed by atoms with Crippen molar-refractivity contribution in [1.82, 2.24) is 4.98 Å². The number of methoxy groups -OCH3 is 1. The van der Waals surface area contributed by atoms with Crippen molar-refractivity contribution < 1.29 is 24.2 Å². The standard InChI is InChI=1S/C28H30Cl2N2O5S/c1-15(26(34)35)10-19-20(29)11-17(12-21(19)30)25(33)32-27-31-22(14-38-27)18-8-7-9-23(24(18)36-6)37-16(2)13-28(3,4)5/h7-12,14,16H,13H2,1-6H3,(H,34,35)(H,31,32,33)/b15-10+/t16-/m1/s1. The number of amides is 1. The van der Waals surface area contributed by atoms with Crippen LogP contribution in [0.2, 0.25) is 10.0 Å². The number of nitrogens with one attached hydrogen (secondary N) is 1. The highest BCUT2D eigenvalue weighted by atomic mass is 35.5. The molecular weight excluding hydrogens is 547 g/mol. The molecule has 10 heteroatoms. The summed E-state index contributed by atoms with van der Waals surface area (Å²) in [5.74, 6) is -0.362. The number of rotatable bonds is 9. The van der Waals surface area contributed by atoms with E-state index in [-0.39, 0.29) is 32.7 Å². The van der Waals surface area contributed by atoms with Crippen LogP contribution in [0.15, 0.2) is 41.3 Å². The molecule has 2 aromatic carbocycles. The van der Waals surface area contributed by atoms with E-state index in [4.69, 9.17) is 37.8 Å². The summed E-state index contributed by atoms with van der Waals surface area (Å²) in [7, 11) is 1.58. The second kappa shape index (κ2) is 12.2. The first-order chi connectivity index (χ1) is 17.8. The Morgan fingerprint density at radius 1 is 1.21 bits per heavy atom. The van der Waals surface area contributed by atoms with Gasteiger partial charge in [-0.05, 0) is 56.0 Å². The number of carbonyl (C=O) groups is 2. The number of hydrogen-bond acceptors (Lipinski definition) is 6. The van der Waals surface area contributed by atoms with Gasteiger partial charge in [-0.15, -0.1) is 11.3 Å².